The van der Waals surface area contributed by atoms with Gasteiger partial charge in [0.15, 0.2) is 17.1 Å². The van der Waals surface area contributed by atoms with Crippen LogP contribution in [-0.2, 0) is 0 Å². The highest BCUT2D eigenvalue weighted by Gasteiger charge is 2.24. The molecule has 1 aliphatic rings. The van der Waals surface area contributed by atoms with Gasteiger partial charge in [-0.3, -0.25) is 9.20 Å². The summed E-state index contributed by atoms with van der Waals surface area (Å²) in [5, 5.41) is 1.95. The topological polar surface area (TPSA) is 37.6 Å². The van der Waals surface area contributed by atoms with Crippen LogP contribution >= 0.6 is 11.3 Å². The molecule has 4 nitrogen and oxygen atoms in total. The molecule has 1 aliphatic carbocycles. The van der Waals surface area contributed by atoms with Crippen molar-refractivity contribution in [1.29, 1.82) is 0 Å². The van der Waals surface area contributed by atoms with Gasteiger partial charge in [0.2, 0.25) is 0 Å². The van der Waals surface area contributed by atoms with Crippen LogP contribution in [0.4, 0.5) is 5.82 Å². The largest absolute Gasteiger partial charge is 0.355 e. The molecule has 0 bridgehead atoms. The molecule has 5 heteroatoms. The van der Waals surface area contributed by atoms with Gasteiger partial charge in [0, 0.05) is 24.7 Å². The Balaban J connectivity index is 2.03. The van der Waals surface area contributed by atoms with Crippen molar-refractivity contribution in [2.45, 2.75) is 31.7 Å². The number of aromatic nitrogens is 2. The summed E-state index contributed by atoms with van der Waals surface area (Å²) >= 11 is 1.56. The molecule has 0 saturated heterocycles. The van der Waals surface area contributed by atoms with E-state index in [0.717, 1.165) is 17.1 Å². The monoisotopic (exact) mass is 249 g/mol. The highest BCUT2D eigenvalue weighted by molar-refractivity contribution is 7.15. The minimum atomic E-state index is 0.540. The molecule has 0 unspecified atom stereocenters. The molecule has 0 aliphatic heterocycles. The number of carbonyl (C=O) groups excluding carboxylic acids is 1. The number of hydrogen-bond donors (Lipinski definition) is 0. The molecule has 1 saturated carbocycles. The number of carbonyl (C=O) groups is 1. The normalized spacial score (nSPS) is 16.8. The third-order valence-corrected chi connectivity index (χ3v) is 4.35. The zero-order valence-electron chi connectivity index (χ0n) is 9.80. The van der Waals surface area contributed by atoms with Gasteiger partial charge in [-0.1, -0.05) is 12.8 Å². The van der Waals surface area contributed by atoms with Gasteiger partial charge in [0.25, 0.3) is 0 Å². The average molecular weight is 249 g/mol. The van der Waals surface area contributed by atoms with Crippen molar-refractivity contribution in [3.05, 3.63) is 17.3 Å². The number of fused-ring (bicyclic) bond motifs is 1. The highest BCUT2D eigenvalue weighted by atomic mass is 32.1. The SMILES string of the molecule is CN(c1nc2sccn2c1C=O)C1CCCC1. The minimum Gasteiger partial charge on any atom is -0.355 e. The van der Waals surface area contributed by atoms with Crippen LogP contribution in [0.3, 0.4) is 0 Å². The molecule has 0 radical (unpaired) electrons. The number of hydrogen-bond acceptors (Lipinski definition) is 4. The van der Waals surface area contributed by atoms with Crippen molar-refractivity contribution >= 4 is 28.4 Å². The predicted octanol–water partition coefficient (Wildman–Crippen LogP) is 2.59. The molecule has 0 N–H and O–H groups in total. The number of aldehydes is 1. The molecule has 3 rings (SSSR count). The van der Waals surface area contributed by atoms with Crippen molar-refractivity contribution in [3.63, 3.8) is 0 Å². The van der Waals surface area contributed by atoms with E-state index in [0.29, 0.717) is 11.7 Å². The second-order valence-electron chi connectivity index (χ2n) is 4.54. The van der Waals surface area contributed by atoms with Crippen molar-refractivity contribution < 1.29 is 4.79 Å². The van der Waals surface area contributed by atoms with E-state index in [9.17, 15) is 4.79 Å². The first-order valence-electron chi connectivity index (χ1n) is 5.95. The van der Waals surface area contributed by atoms with E-state index in [1.54, 1.807) is 11.3 Å². The number of imidazole rings is 1. The Morgan fingerprint density at radius 3 is 3.00 bits per heavy atom. The number of anilines is 1. The molecule has 2 heterocycles. The van der Waals surface area contributed by atoms with E-state index < -0.39 is 0 Å². The molecule has 90 valence electrons. The first-order chi connectivity index (χ1) is 8.31. The smallest absolute Gasteiger partial charge is 0.196 e. The second-order valence-corrected chi connectivity index (χ2v) is 5.42. The highest BCUT2D eigenvalue weighted by Crippen LogP contribution is 2.29. The maximum Gasteiger partial charge on any atom is 0.196 e. The fourth-order valence-corrected chi connectivity index (χ4v) is 3.34. The van der Waals surface area contributed by atoms with Gasteiger partial charge in [-0.05, 0) is 12.8 Å². The molecule has 2 aromatic heterocycles. The summed E-state index contributed by atoms with van der Waals surface area (Å²) in [5.41, 5.74) is 0.677. The van der Waals surface area contributed by atoms with Crippen LogP contribution in [0.1, 0.15) is 36.2 Å². The van der Waals surface area contributed by atoms with Crippen LogP contribution < -0.4 is 4.90 Å². The molecule has 0 atom stereocenters. The maximum atomic E-state index is 11.2. The quantitative estimate of drug-likeness (QED) is 0.785. The Morgan fingerprint density at radius 2 is 2.29 bits per heavy atom. The molecule has 2 aromatic rings. The van der Waals surface area contributed by atoms with Crippen LogP contribution in [0.25, 0.3) is 4.96 Å². The van der Waals surface area contributed by atoms with Crippen LogP contribution in [0.15, 0.2) is 11.6 Å². The molecular formula is C12H15N3OS. The van der Waals surface area contributed by atoms with Crippen LogP contribution in [-0.4, -0.2) is 28.8 Å². The zero-order chi connectivity index (χ0) is 11.8. The first-order valence-corrected chi connectivity index (χ1v) is 6.83. The third-order valence-electron chi connectivity index (χ3n) is 3.60. The summed E-state index contributed by atoms with van der Waals surface area (Å²) in [5.74, 6) is 0.832. The molecule has 17 heavy (non-hydrogen) atoms. The van der Waals surface area contributed by atoms with Crippen LogP contribution in [0.2, 0.25) is 0 Å². The predicted molar refractivity (Wildman–Crippen MR) is 69.1 cm³/mol. The molecule has 0 amide bonds. The maximum absolute atomic E-state index is 11.2. The van der Waals surface area contributed by atoms with Crippen LogP contribution in [0.5, 0.6) is 0 Å². The molecule has 1 fully saturated rings. The standard InChI is InChI=1S/C12H15N3OS/c1-14(9-4-2-3-5-9)11-10(8-16)15-6-7-17-12(15)13-11/h6-9H,2-5H2,1H3. The number of thiazole rings is 1. The van der Waals surface area contributed by atoms with Gasteiger partial charge in [-0.25, -0.2) is 4.98 Å². The minimum absolute atomic E-state index is 0.540. The van der Waals surface area contributed by atoms with Gasteiger partial charge < -0.3 is 4.90 Å². The lowest BCUT2D eigenvalue weighted by Gasteiger charge is -2.24. The van der Waals surface area contributed by atoms with Gasteiger partial charge in [0.05, 0.1) is 0 Å². The van der Waals surface area contributed by atoms with E-state index >= 15 is 0 Å². The lowest BCUT2D eigenvalue weighted by Crippen LogP contribution is -2.29. The van der Waals surface area contributed by atoms with Crippen molar-refractivity contribution in [2.75, 3.05) is 11.9 Å². The Labute approximate surface area is 104 Å². The summed E-state index contributed by atoms with van der Waals surface area (Å²) in [6.45, 7) is 0. The van der Waals surface area contributed by atoms with Gasteiger partial charge >= 0.3 is 0 Å². The fourth-order valence-electron chi connectivity index (χ4n) is 2.63. The van der Waals surface area contributed by atoms with Crippen molar-refractivity contribution in [2.24, 2.45) is 0 Å². The molecule has 0 aromatic carbocycles. The zero-order valence-corrected chi connectivity index (χ0v) is 10.6. The van der Waals surface area contributed by atoms with E-state index in [2.05, 4.69) is 16.9 Å². The number of rotatable bonds is 3. The summed E-state index contributed by atoms with van der Waals surface area (Å²) in [6.07, 6.45) is 7.80. The number of nitrogens with zero attached hydrogens (tertiary/aromatic N) is 3. The Bertz CT molecular complexity index is 539. The van der Waals surface area contributed by atoms with E-state index in [1.807, 2.05) is 16.0 Å². The van der Waals surface area contributed by atoms with Gasteiger partial charge in [-0.2, -0.15) is 0 Å². The summed E-state index contributed by atoms with van der Waals surface area (Å²) < 4.78 is 1.87. The fraction of sp³-hybridized carbons (Fsp3) is 0.500. The molecular weight excluding hydrogens is 234 g/mol. The summed E-state index contributed by atoms with van der Waals surface area (Å²) in [4.78, 5) is 18.9. The second kappa shape index (κ2) is 4.14. The van der Waals surface area contributed by atoms with E-state index in [4.69, 9.17) is 0 Å². The van der Waals surface area contributed by atoms with Gasteiger partial charge in [-0.15, -0.1) is 11.3 Å². The van der Waals surface area contributed by atoms with Crippen LogP contribution in [0, 0.1) is 0 Å². The lowest BCUT2D eigenvalue weighted by molar-refractivity contribution is 0.111. The Kier molecular flexibility index (Phi) is 2.63. The lowest BCUT2D eigenvalue weighted by atomic mass is 10.2. The first kappa shape index (κ1) is 10.8. The molecule has 0 spiro atoms. The van der Waals surface area contributed by atoms with Gasteiger partial charge in [0.1, 0.15) is 5.69 Å². The summed E-state index contributed by atoms with van der Waals surface area (Å²) in [6, 6.07) is 0.540. The average Bonchev–Trinajstić information content (AvgIpc) is 3.03. The third kappa shape index (κ3) is 1.65. The van der Waals surface area contributed by atoms with Crippen molar-refractivity contribution in [3.8, 4) is 0 Å². The summed E-state index contributed by atoms with van der Waals surface area (Å²) in [7, 11) is 2.05. The van der Waals surface area contributed by atoms with Crippen molar-refractivity contribution in [1.82, 2.24) is 9.38 Å². The van der Waals surface area contributed by atoms with E-state index in [1.165, 1.54) is 25.7 Å². The van der Waals surface area contributed by atoms with E-state index in [-0.39, 0.29) is 0 Å². The Morgan fingerprint density at radius 1 is 1.53 bits per heavy atom. The Hall–Kier alpha value is -1.36.